The fourth-order valence-electron chi connectivity index (χ4n) is 3.87. The molecule has 2 saturated heterocycles. The van der Waals surface area contributed by atoms with Gasteiger partial charge in [-0.3, -0.25) is 19.8 Å². The molecule has 0 bridgehead atoms. The number of carbonyl (C=O) groups excluding carboxylic acids is 1. The summed E-state index contributed by atoms with van der Waals surface area (Å²) in [6, 6.07) is 6.25. The number of hydrogen-bond donors (Lipinski definition) is 0. The number of hydrogen-bond acceptors (Lipinski definition) is 7. The first-order valence-corrected chi connectivity index (χ1v) is 9.38. The Morgan fingerprint density at radius 2 is 2.11 bits per heavy atom. The number of nitro benzene ring substituents is 1. The van der Waals surface area contributed by atoms with E-state index in [1.54, 1.807) is 6.92 Å². The van der Waals surface area contributed by atoms with Gasteiger partial charge in [0, 0.05) is 37.8 Å². The van der Waals surface area contributed by atoms with Crippen LogP contribution in [0.25, 0.3) is 0 Å². The second-order valence-corrected chi connectivity index (χ2v) is 7.19. The Kier molecular flexibility index (Phi) is 4.99. The molecule has 0 saturated carbocycles. The summed E-state index contributed by atoms with van der Waals surface area (Å²) in [6.45, 7) is 5.26. The standard InChI is InChI=1S/C19H22N4O5/c1-13-17(12-27-16-6-4-14(5-7-16)23(25)26)18(20-28-13)19(24)22-10-9-21-8-2-3-15(21)11-22/h4-7,15H,2-3,8-12H2,1H3/t15-/m1/s1. The number of non-ortho nitro benzene ring substituents is 1. The SMILES string of the molecule is Cc1onc(C(=O)N2CCN3CCC[C@@H]3C2)c1COc1ccc([N+](=O)[O-])cc1. The molecule has 2 aromatic rings. The zero-order valence-electron chi connectivity index (χ0n) is 15.7. The van der Waals surface area contributed by atoms with E-state index in [0.29, 0.717) is 36.2 Å². The molecule has 28 heavy (non-hydrogen) atoms. The van der Waals surface area contributed by atoms with Gasteiger partial charge in [-0.25, -0.2) is 0 Å². The minimum Gasteiger partial charge on any atom is -0.489 e. The largest absolute Gasteiger partial charge is 0.489 e. The summed E-state index contributed by atoms with van der Waals surface area (Å²) in [5, 5.41) is 14.7. The van der Waals surface area contributed by atoms with Gasteiger partial charge in [0.25, 0.3) is 11.6 Å². The van der Waals surface area contributed by atoms with Crippen LogP contribution in [0.5, 0.6) is 5.75 Å². The van der Waals surface area contributed by atoms with Crippen LogP contribution in [-0.4, -0.2) is 58.0 Å². The van der Waals surface area contributed by atoms with Gasteiger partial charge in [0.15, 0.2) is 5.69 Å². The van der Waals surface area contributed by atoms with Crippen LogP contribution in [0.4, 0.5) is 5.69 Å². The number of aryl methyl sites for hydroxylation is 1. The van der Waals surface area contributed by atoms with Gasteiger partial charge < -0.3 is 14.2 Å². The van der Waals surface area contributed by atoms with Gasteiger partial charge in [0.05, 0.1) is 10.5 Å². The van der Waals surface area contributed by atoms with Crippen molar-refractivity contribution >= 4 is 11.6 Å². The Balaban J connectivity index is 1.45. The smallest absolute Gasteiger partial charge is 0.276 e. The van der Waals surface area contributed by atoms with Gasteiger partial charge in [0.1, 0.15) is 18.1 Å². The van der Waals surface area contributed by atoms with Crippen LogP contribution in [0.1, 0.15) is 34.7 Å². The molecule has 9 heteroatoms. The average Bonchev–Trinajstić information content (AvgIpc) is 3.32. The average molecular weight is 386 g/mol. The number of ether oxygens (including phenoxy) is 1. The zero-order valence-corrected chi connectivity index (χ0v) is 15.7. The lowest BCUT2D eigenvalue weighted by atomic mass is 10.1. The van der Waals surface area contributed by atoms with E-state index >= 15 is 0 Å². The van der Waals surface area contributed by atoms with E-state index in [2.05, 4.69) is 10.1 Å². The molecule has 1 aromatic carbocycles. The molecule has 148 valence electrons. The highest BCUT2D eigenvalue weighted by molar-refractivity contribution is 5.94. The molecule has 1 atom stereocenters. The summed E-state index contributed by atoms with van der Waals surface area (Å²) in [4.78, 5) is 27.6. The van der Waals surface area contributed by atoms with Crippen LogP contribution in [0, 0.1) is 17.0 Å². The lowest BCUT2D eigenvalue weighted by Crippen LogP contribution is -2.52. The lowest BCUT2D eigenvalue weighted by Gasteiger charge is -2.37. The second kappa shape index (κ2) is 7.59. The number of amides is 1. The first-order valence-electron chi connectivity index (χ1n) is 9.38. The van der Waals surface area contributed by atoms with Crippen molar-refractivity contribution in [3.8, 4) is 5.75 Å². The Morgan fingerprint density at radius 1 is 1.32 bits per heavy atom. The molecule has 2 aliphatic heterocycles. The molecule has 2 fully saturated rings. The van der Waals surface area contributed by atoms with E-state index in [0.717, 1.165) is 19.5 Å². The van der Waals surface area contributed by atoms with E-state index in [1.165, 1.54) is 30.7 Å². The molecule has 0 aliphatic carbocycles. The van der Waals surface area contributed by atoms with Crippen molar-refractivity contribution in [2.75, 3.05) is 26.2 Å². The molecule has 2 aliphatic rings. The molecule has 0 unspecified atom stereocenters. The predicted molar refractivity (Wildman–Crippen MR) is 99.2 cm³/mol. The number of benzene rings is 1. The molecule has 0 radical (unpaired) electrons. The summed E-state index contributed by atoms with van der Waals surface area (Å²) < 4.78 is 11.0. The highest BCUT2D eigenvalue weighted by Gasteiger charge is 2.34. The van der Waals surface area contributed by atoms with Gasteiger partial charge >= 0.3 is 0 Å². The monoisotopic (exact) mass is 386 g/mol. The van der Waals surface area contributed by atoms with Crippen molar-refractivity contribution in [1.82, 2.24) is 15.0 Å². The van der Waals surface area contributed by atoms with Crippen molar-refractivity contribution in [2.24, 2.45) is 0 Å². The number of nitro groups is 1. The maximum absolute atomic E-state index is 13.0. The Labute approximate surface area is 162 Å². The predicted octanol–water partition coefficient (Wildman–Crippen LogP) is 2.39. The number of rotatable bonds is 5. The summed E-state index contributed by atoms with van der Waals surface area (Å²) in [5.74, 6) is 0.875. The molecule has 1 aromatic heterocycles. The van der Waals surface area contributed by atoms with Gasteiger partial charge in [-0.05, 0) is 38.4 Å². The summed E-state index contributed by atoms with van der Waals surface area (Å²) in [6.07, 6.45) is 2.31. The van der Waals surface area contributed by atoms with E-state index in [-0.39, 0.29) is 23.9 Å². The molecule has 3 heterocycles. The number of piperazine rings is 1. The third kappa shape index (κ3) is 3.57. The first kappa shape index (κ1) is 18.4. The van der Waals surface area contributed by atoms with E-state index in [9.17, 15) is 14.9 Å². The molecular weight excluding hydrogens is 364 g/mol. The second-order valence-electron chi connectivity index (χ2n) is 7.19. The molecule has 9 nitrogen and oxygen atoms in total. The van der Waals surface area contributed by atoms with Crippen molar-refractivity contribution in [2.45, 2.75) is 32.4 Å². The van der Waals surface area contributed by atoms with Crippen molar-refractivity contribution in [1.29, 1.82) is 0 Å². The van der Waals surface area contributed by atoms with Gasteiger partial charge in [-0.15, -0.1) is 0 Å². The maximum Gasteiger partial charge on any atom is 0.276 e. The minimum absolute atomic E-state index is 0.00423. The molecule has 4 rings (SSSR count). The Hall–Kier alpha value is -2.94. The highest BCUT2D eigenvalue weighted by Crippen LogP contribution is 2.25. The van der Waals surface area contributed by atoms with E-state index in [1.807, 2.05) is 4.90 Å². The van der Waals surface area contributed by atoms with Crippen LogP contribution >= 0.6 is 0 Å². The zero-order chi connectivity index (χ0) is 19.7. The van der Waals surface area contributed by atoms with Crippen LogP contribution in [0.2, 0.25) is 0 Å². The van der Waals surface area contributed by atoms with Crippen LogP contribution in [0.15, 0.2) is 28.8 Å². The molecule has 1 amide bonds. The third-order valence-electron chi connectivity index (χ3n) is 5.49. The quantitative estimate of drug-likeness (QED) is 0.574. The molecule has 0 spiro atoms. The van der Waals surface area contributed by atoms with Crippen molar-refractivity contribution in [3.05, 3.63) is 51.4 Å². The van der Waals surface area contributed by atoms with Crippen LogP contribution in [0.3, 0.4) is 0 Å². The normalized spacial score (nSPS) is 19.5. The molecular formula is C19H22N4O5. The lowest BCUT2D eigenvalue weighted by molar-refractivity contribution is -0.384. The van der Waals surface area contributed by atoms with E-state index in [4.69, 9.17) is 9.26 Å². The first-order chi connectivity index (χ1) is 13.5. The fraction of sp³-hybridized carbons (Fsp3) is 0.474. The Morgan fingerprint density at radius 3 is 2.86 bits per heavy atom. The Bertz CT molecular complexity index is 879. The number of carbonyl (C=O) groups is 1. The maximum atomic E-state index is 13.0. The summed E-state index contributed by atoms with van der Waals surface area (Å²) in [5.41, 5.74) is 0.887. The minimum atomic E-state index is -0.464. The van der Waals surface area contributed by atoms with Crippen molar-refractivity contribution in [3.63, 3.8) is 0 Å². The molecule has 0 N–H and O–H groups in total. The van der Waals surface area contributed by atoms with Crippen LogP contribution in [-0.2, 0) is 6.61 Å². The summed E-state index contributed by atoms with van der Waals surface area (Å²) in [7, 11) is 0. The van der Waals surface area contributed by atoms with Crippen LogP contribution < -0.4 is 4.74 Å². The third-order valence-corrected chi connectivity index (χ3v) is 5.49. The van der Waals surface area contributed by atoms with E-state index < -0.39 is 4.92 Å². The number of aromatic nitrogens is 1. The van der Waals surface area contributed by atoms with Crippen molar-refractivity contribution < 1.29 is 19.0 Å². The summed E-state index contributed by atoms with van der Waals surface area (Å²) >= 11 is 0. The van der Waals surface area contributed by atoms with Gasteiger partial charge in [0.2, 0.25) is 0 Å². The van der Waals surface area contributed by atoms with Gasteiger partial charge in [-0.2, -0.15) is 0 Å². The number of fused-ring (bicyclic) bond motifs is 1. The number of nitrogens with zero attached hydrogens (tertiary/aromatic N) is 4. The highest BCUT2D eigenvalue weighted by atomic mass is 16.6. The van der Waals surface area contributed by atoms with Gasteiger partial charge in [-0.1, -0.05) is 5.16 Å². The topological polar surface area (TPSA) is 102 Å². The fourth-order valence-corrected chi connectivity index (χ4v) is 3.87.